The smallest absolute Gasteiger partial charge is 0.136 e. The molecule has 0 radical (unpaired) electrons. The molecular weight excluding hydrogens is 256 g/mol. The molecule has 0 aromatic carbocycles. The lowest BCUT2D eigenvalue weighted by Crippen LogP contribution is -2.40. The van der Waals surface area contributed by atoms with E-state index in [9.17, 15) is 4.79 Å². The molecule has 0 amide bonds. The highest BCUT2D eigenvalue weighted by atomic mass is 16.1. The van der Waals surface area contributed by atoms with Gasteiger partial charge in [-0.2, -0.15) is 0 Å². The van der Waals surface area contributed by atoms with Crippen LogP contribution in [0.3, 0.4) is 0 Å². The van der Waals surface area contributed by atoms with Crippen LogP contribution in [0.25, 0.3) is 0 Å². The number of hydrogen-bond acceptors (Lipinski definition) is 1. The van der Waals surface area contributed by atoms with Crippen LogP contribution in [0.1, 0.15) is 86.5 Å². The van der Waals surface area contributed by atoms with E-state index in [0.29, 0.717) is 22.5 Å². The van der Waals surface area contributed by atoms with Crippen molar-refractivity contribution in [2.24, 2.45) is 34.5 Å². The average molecular weight is 293 g/mol. The molecule has 0 aromatic rings. The molecule has 2 aliphatic rings. The molecule has 0 bridgehead atoms. The maximum Gasteiger partial charge on any atom is 0.136 e. The van der Waals surface area contributed by atoms with Crippen molar-refractivity contribution in [2.45, 2.75) is 86.5 Å². The van der Waals surface area contributed by atoms with Gasteiger partial charge < -0.3 is 0 Å². The van der Waals surface area contributed by atoms with Gasteiger partial charge in [0, 0.05) is 12.3 Å². The van der Waals surface area contributed by atoms with E-state index in [1.54, 1.807) is 0 Å². The fourth-order valence-electron chi connectivity index (χ4n) is 5.15. The van der Waals surface area contributed by atoms with Crippen LogP contribution in [-0.2, 0) is 4.79 Å². The monoisotopic (exact) mass is 292 g/mol. The third-order valence-electron chi connectivity index (χ3n) is 6.82. The van der Waals surface area contributed by atoms with Gasteiger partial charge in [0.2, 0.25) is 0 Å². The number of ketones is 1. The molecule has 2 fully saturated rings. The summed E-state index contributed by atoms with van der Waals surface area (Å²) in [7, 11) is 0. The van der Waals surface area contributed by atoms with Crippen molar-refractivity contribution in [3.8, 4) is 0 Å². The van der Waals surface area contributed by atoms with Crippen LogP contribution in [-0.4, -0.2) is 5.78 Å². The lowest BCUT2D eigenvalue weighted by Gasteiger charge is -2.44. The Morgan fingerprint density at radius 2 is 1.90 bits per heavy atom. The third-order valence-corrected chi connectivity index (χ3v) is 6.82. The molecule has 0 aromatic heterocycles. The van der Waals surface area contributed by atoms with Gasteiger partial charge in [-0.1, -0.05) is 41.5 Å². The topological polar surface area (TPSA) is 17.1 Å². The van der Waals surface area contributed by atoms with Crippen LogP contribution in [0, 0.1) is 34.5 Å². The van der Waals surface area contributed by atoms with Crippen molar-refractivity contribution in [3.63, 3.8) is 0 Å². The first-order chi connectivity index (χ1) is 9.65. The zero-order valence-corrected chi connectivity index (χ0v) is 15.2. The lowest BCUT2D eigenvalue weighted by atomic mass is 9.60. The minimum absolute atomic E-state index is 0.310. The predicted molar refractivity (Wildman–Crippen MR) is 90.2 cm³/mol. The van der Waals surface area contributed by atoms with E-state index in [4.69, 9.17) is 0 Å². The van der Waals surface area contributed by atoms with Crippen molar-refractivity contribution >= 4 is 5.78 Å². The first-order valence-electron chi connectivity index (χ1n) is 9.18. The Labute approximate surface area is 132 Å². The Balaban J connectivity index is 2.02. The van der Waals surface area contributed by atoms with Crippen molar-refractivity contribution in [2.75, 3.05) is 0 Å². The summed E-state index contributed by atoms with van der Waals surface area (Å²) in [6, 6.07) is 0. The van der Waals surface area contributed by atoms with E-state index >= 15 is 0 Å². The van der Waals surface area contributed by atoms with Gasteiger partial charge in [0.15, 0.2) is 0 Å². The molecule has 0 aliphatic heterocycles. The molecule has 0 N–H and O–H groups in total. The summed E-state index contributed by atoms with van der Waals surface area (Å²) in [4.78, 5) is 12.3. The van der Waals surface area contributed by atoms with Gasteiger partial charge in [0.05, 0.1) is 0 Å². The Morgan fingerprint density at radius 3 is 2.52 bits per heavy atom. The summed E-state index contributed by atoms with van der Waals surface area (Å²) in [5.74, 6) is 3.26. The van der Waals surface area contributed by atoms with E-state index in [1.807, 2.05) is 0 Å². The van der Waals surface area contributed by atoms with Crippen molar-refractivity contribution in [1.29, 1.82) is 0 Å². The zero-order valence-electron chi connectivity index (χ0n) is 15.2. The number of carbonyl (C=O) groups is 1. The molecule has 5 atom stereocenters. The molecule has 21 heavy (non-hydrogen) atoms. The molecule has 5 unspecified atom stereocenters. The highest BCUT2D eigenvalue weighted by Gasteiger charge is 2.52. The molecule has 2 rings (SSSR count). The number of Topliss-reactive ketones (excluding diaryl/α,β-unsaturated/α-hetero) is 1. The molecule has 122 valence electrons. The van der Waals surface area contributed by atoms with Gasteiger partial charge in [-0.05, 0) is 67.1 Å². The Bertz CT molecular complexity index is 378. The van der Waals surface area contributed by atoms with Crippen molar-refractivity contribution in [3.05, 3.63) is 0 Å². The summed E-state index contributed by atoms with van der Waals surface area (Å²) >= 11 is 0. The maximum absolute atomic E-state index is 12.3. The normalized spacial score (nSPS) is 36.4. The van der Waals surface area contributed by atoms with E-state index in [0.717, 1.165) is 37.0 Å². The minimum Gasteiger partial charge on any atom is -0.299 e. The molecular formula is C20H36O. The van der Waals surface area contributed by atoms with E-state index in [1.165, 1.54) is 25.7 Å². The fourth-order valence-corrected chi connectivity index (χ4v) is 5.15. The molecule has 0 spiro atoms. The number of carbonyl (C=O) groups excluding carboxylic acids is 1. The van der Waals surface area contributed by atoms with Crippen molar-refractivity contribution in [1.82, 2.24) is 0 Å². The van der Waals surface area contributed by atoms with E-state index < -0.39 is 0 Å². The lowest BCUT2D eigenvalue weighted by molar-refractivity contribution is -0.130. The minimum atomic E-state index is 0.310. The fraction of sp³-hybridized carbons (Fsp3) is 0.950. The van der Waals surface area contributed by atoms with Gasteiger partial charge in [-0.25, -0.2) is 0 Å². The second-order valence-corrected chi connectivity index (χ2v) is 9.50. The number of rotatable bonds is 4. The zero-order chi connectivity index (χ0) is 15.8. The standard InChI is InChI=1S/C20H36O/c1-14(11-13-19(3,4)5)15(2)16-9-10-17-18(21)8-7-12-20(16,17)6/h14-17H,7-13H2,1-6H3. The van der Waals surface area contributed by atoms with Gasteiger partial charge in [0.25, 0.3) is 0 Å². The quantitative estimate of drug-likeness (QED) is 0.633. The summed E-state index contributed by atoms with van der Waals surface area (Å²) in [5.41, 5.74) is 0.752. The number of hydrogen-bond donors (Lipinski definition) is 0. The molecule has 2 saturated carbocycles. The third kappa shape index (κ3) is 3.54. The summed E-state index contributed by atoms with van der Waals surface area (Å²) in [6.07, 6.45) is 8.35. The van der Waals surface area contributed by atoms with Crippen LogP contribution in [0.2, 0.25) is 0 Å². The first kappa shape index (κ1) is 17.0. The molecule has 0 saturated heterocycles. The van der Waals surface area contributed by atoms with Gasteiger partial charge >= 0.3 is 0 Å². The summed E-state index contributed by atoms with van der Waals surface area (Å²) < 4.78 is 0. The average Bonchev–Trinajstić information content (AvgIpc) is 2.73. The Morgan fingerprint density at radius 1 is 1.24 bits per heavy atom. The molecule has 0 heterocycles. The van der Waals surface area contributed by atoms with Crippen LogP contribution in [0.5, 0.6) is 0 Å². The summed E-state index contributed by atoms with van der Waals surface area (Å²) in [5, 5.41) is 0. The summed E-state index contributed by atoms with van der Waals surface area (Å²) in [6.45, 7) is 14.4. The highest BCUT2D eigenvalue weighted by Crippen LogP contribution is 2.57. The van der Waals surface area contributed by atoms with Crippen LogP contribution < -0.4 is 0 Å². The number of fused-ring (bicyclic) bond motifs is 1. The van der Waals surface area contributed by atoms with E-state index in [2.05, 4.69) is 41.5 Å². The van der Waals surface area contributed by atoms with Crippen LogP contribution in [0.4, 0.5) is 0 Å². The SMILES string of the molecule is CC(CCC(C)(C)C)C(C)C1CCC2C(=O)CCCC21C. The predicted octanol–water partition coefficient (Wildman–Crippen LogP) is 5.87. The van der Waals surface area contributed by atoms with Gasteiger partial charge in [-0.15, -0.1) is 0 Å². The van der Waals surface area contributed by atoms with Gasteiger partial charge in [-0.3, -0.25) is 4.79 Å². The highest BCUT2D eigenvalue weighted by molar-refractivity contribution is 5.83. The van der Waals surface area contributed by atoms with Crippen LogP contribution in [0.15, 0.2) is 0 Å². The van der Waals surface area contributed by atoms with Gasteiger partial charge in [0.1, 0.15) is 5.78 Å². The van der Waals surface area contributed by atoms with Crippen LogP contribution >= 0.6 is 0 Å². The Hall–Kier alpha value is -0.330. The first-order valence-corrected chi connectivity index (χ1v) is 9.18. The molecule has 1 heteroatoms. The van der Waals surface area contributed by atoms with Crippen molar-refractivity contribution < 1.29 is 4.79 Å². The second kappa shape index (κ2) is 6.05. The molecule has 2 aliphatic carbocycles. The second-order valence-electron chi connectivity index (χ2n) is 9.50. The largest absolute Gasteiger partial charge is 0.299 e. The Kier molecular flexibility index (Phi) is 4.90. The maximum atomic E-state index is 12.3. The molecule has 1 nitrogen and oxygen atoms in total. The van der Waals surface area contributed by atoms with E-state index in [-0.39, 0.29) is 0 Å².